The third-order valence-electron chi connectivity index (χ3n) is 8.63. The lowest BCUT2D eigenvalue weighted by Gasteiger charge is -2.33. The number of carbonyl (C=O) groups is 2. The highest BCUT2D eigenvalue weighted by Gasteiger charge is 2.24. The SMILES string of the molecule is CCOc1ccc2oc(C(=O)N[C@@H](C=C3CCN(c4ccccc4CN4CCCC4=O)CC3)Cc3ccc(Cl)cc3)cc(=O)c2c1. The number of anilines is 1. The van der Waals surface area contributed by atoms with E-state index in [1.807, 2.05) is 42.2 Å². The van der Waals surface area contributed by atoms with E-state index in [1.54, 1.807) is 18.2 Å². The number of piperidine rings is 1. The van der Waals surface area contributed by atoms with Crippen LogP contribution in [0.15, 0.2) is 93.7 Å². The Labute approximate surface area is 273 Å². The largest absolute Gasteiger partial charge is 0.494 e. The molecule has 46 heavy (non-hydrogen) atoms. The molecule has 0 bridgehead atoms. The fourth-order valence-electron chi connectivity index (χ4n) is 6.29. The van der Waals surface area contributed by atoms with Gasteiger partial charge in [-0.3, -0.25) is 14.4 Å². The Kier molecular flexibility index (Phi) is 9.73. The number of hydrogen-bond acceptors (Lipinski definition) is 6. The first-order valence-electron chi connectivity index (χ1n) is 15.9. The van der Waals surface area contributed by atoms with Crippen LogP contribution >= 0.6 is 11.6 Å². The second kappa shape index (κ2) is 14.3. The van der Waals surface area contributed by atoms with Gasteiger partial charge in [0.15, 0.2) is 11.2 Å². The molecule has 0 radical (unpaired) electrons. The fourth-order valence-corrected chi connectivity index (χ4v) is 6.41. The van der Waals surface area contributed by atoms with E-state index >= 15 is 0 Å². The van der Waals surface area contributed by atoms with Gasteiger partial charge in [-0.15, -0.1) is 0 Å². The number of likely N-dealkylation sites (tertiary alicyclic amines) is 1. The summed E-state index contributed by atoms with van der Waals surface area (Å²) in [5, 5.41) is 4.12. The quantitative estimate of drug-likeness (QED) is 0.198. The van der Waals surface area contributed by atoms with Crippen LogP contribution in [0.25, 0.3) is 11.0 Å². The molecule has 1 atom stereocenters. The first-order chi connectivity index (χ1) is 22.4. The van der Waals surface area contributed by atoms with Crippen molar-refractivity contribution in [1.82, 2.24) is 10.2 Å². The smallest absolute Gasteiger partial charge is 0.287 e. The highest BCUT2D eigenvalue weighted by molar-refractivity contribution is 6.30. The van der Waals surface area contributed by atoms with Gasteiger partial charge < -0.3 is 24.3 Å². The molecular weight excluding hydrogens is 602 g/mol. The van der Waals surface area contributed by atoms with Crippen LogP contribution in [0.5, 0.6) is 5.75 Å². The minimum absolute atomic E-state index is 0.0379. The average molecular weight is 640 g/mol. The molecule has 2 aliphatic heterocycles. The van der Waals surface area contributed by atoms with Crippen molar-refractivity contribution < 1.29 is 18.7 Å². The molecule has 2 aliphatic rings. The number of benzene rings is 3. The summed E-state index contributed by atoms with van der Waals surface area (Å²) in [7, 11) is 0. The Morgan fingerprint density at radius 2 is 1.78 bits per heavy atom. The van der Waals surface area contributed by atoms with Crippen molar-refractivity contribution in [2.75, 3.05) is 31.1 Å². The van der Waals surface area contributed by atoms with Crippen molar-refractivity contribution >= 4 is 40.1 Å². The van der Waals surface area contributed by atoms with E-state index in [9.17, 15) is 14.4 Å². The molecule has 238 valence electrons. The van der Waals surface area contributed by atoms with Gasteiger partial charge >= 0.3 is 0 Å². The number of hydrogen-bond donors (Lipinski definition) is 1. The lowest BCUT2D eigenvalue weighted by atomic mass is 9.97. The molecule has 2 amide bonds. The zero-order valence-corrected chi connectivity index (χ0v) is 26.7. The fraction of sp³-hybridized carbons (Fsp3) is 0.324. The number of carbonyl (C=O) groups excluding carboxylic acids is 2. The molecule has 8 nitrogen and oxygen atoms in total. The first kappa shape index (κ1) is 31.4. The molecular formula is C37H38ClN3O5. The predicted molar refractivity (Wildman–Crippen MR) is 181 cm³/mol. The van der Waals surface area contributed by atoms with E-state index < -0.39 is 5.91 Å². The number of fused-ring (bicyclic) bond motifs is 1. The van der Waals surface area contributed by atoms with Gasteiger partial charge in [0.2, 0.25) is 5.91 Å². The van der Waals surface area contributed by atoms with Crippen LogP contribution in [-0.4, -0.2) is 49.0 Å². The summed E-state index contributed by atoms with van der Waals surface area (Å²) in [6, 6.07) is 21.9. The lowest BCUT2D eigenvalue weighted by Crippen LogP contribution is -2.37. The van der Waals surface area contributed by atoms with Crippen molar-refractivity contribution in [3.05, 3.63) is 117 Å². The normalized spacial score (nSPS) is 15.7. The van der Waals surface area contributed by atoms with Crippen LogP contribution in [0.1, 0.15) is 54.3 Å². The maximum Gasteiger partial charge on any atom is 0.287 e. The first-order valence-corrected chi connectivity index (χ1v) is 16.3. The number of rotatable bonds is 10. The van der Waals surface area contributed by atoms with Crippen LogP contribution in [-0.2, 0) is 17.8 Å². The molecule has 0 aliphatic carbocycles. The third kappa shape index (κ3) is 7.45. The van der Waals surface area contributed by atoms with Crippen molar-refractivity contribution in [3.8, 4) is 5.75 Å². The van der Waals surface area contributed by atoms with Crippen LogP contribution < -0.4 is 20.4 Å². The van der Waals surface area contributed by atoms with Crippen LogP contribution in [0.4, 0.5) is 5.69 Å². The summed E-state index contributed by atoms with van der Waals surface area (Å²) < 4.78 is 11.4. The summed E-state index contributed by atoms with van der Waals surface area (Å²) >= 11 is 6.13. The number of ether oxygens (including phenoxy) is 1. The Morgan fingerprint density at radius 1 is 1.00 bits per heavy atom. The van der Waals surface area contributed by atoms with Gasteiger partial charge in [-0.1, -0.05) is 53.6 Å². The monoisotopic (exact) mass is 639 g/mol. The molecule has 1 aromatic heterocycles. The standard InChI is InChI=1S/C37H38ClN3O5/c1-2-45-30-13-14-34-31(22-30)33(42)23-35(46-34)37(44)39-29(20-25-9-11-28(38)12-10-25)21-26-15-18-40(19-16-26)32-7-4-3-6-27(32)24-41-17-5-8-36(41)43/h3-4,6-7,9-14,21-23,29H,2,5,8,15-20,24H2,1H3,(H,39,44)/t29-/m1/s1. The molecule has 3 heterocycles. The van der Waals surface area contributed by atoms with Gasteiger partial charge in [0.25, 0.3) is 5.91 Å². The number of para-hydroxylation sites is 1. The number of nitrogens with zero attached hydrogens (tertiary/aromatic N) is 2. The van der Waals surface area contributed by atoms with Gasteiger partial charge in [-0.2, -0.15) is 0 Å². The van der Waals surface area contributed by atoms with Gasteiger partial charge in [0.1, 0.15) is 11.3 Å². The molecule has 2 saturated heterocycles. The Bertz CT molecular complexity index is 1810. The number of amides is 2. The van der Waals surface area contributed by atoms with Crippen molar-refractivity contribution in [2.24, 2.45) is 0 Å². The topological polar surface area (TPSA) is 92.1 Å². The van der Waals surface area contributed by atoms with Crippen molar-refractivity contribution in [2.45, 2.75) is 51.6 Å². The van der Waals surface area contributed by atoms with Crippen LogP contribution in [0.2, 0.25) is 5.02 Å². The lowest BCUT2D eigenvalue weighted by molar-refractivity contribution is -0.128. The zero-order chi connectivity index (χ0) is 32.0. The molecule has 9 heteroatoms. The van der Waals surface area contributed by atoms with Gasteiger partial charge in [-0.05, 0) is 80.1 Å². The molecule has 0 unspecified atom stereocenters. The minimum atomic E-state index is -0.452. The molecule has 3 aromatic carbocycles. The van der Waals surface area contributed by atoms with Crippen molar-refractivity contribution in [1.29, 1.82) is 0 Å². The van der Waals surface area contributed by atoms with Crippen LogP contribution in [0, 0.1) is 0 Å². The maximum absolute atomic E-state index is 13.5. The minimum Gasteiger partial charge on any atom is -0.494 e. The van der Waals surface area contributed by atoms with E-state index in [1.165, 1.54) is 22.9 Å². The van der Waals surface area contributed by atoms with Crippen LogP contribution in [0.3, 0.4) is 0 Å². The molecule has 6 rings (SSSR count). The number of nitrogens with one attached hydrogen (secondary N) is 1. The Balaban J connectivity index is 1.19. The summed E-state index contributed by atoms with van der Waals surface area (Å²) in [4.78, 5) is 43.0. The summed E-state index contributed by atoms with van der Waals surface area (Å²) in [5.74, 6) is 0.312. The third-order valence-corrected chi connectivity index (χ3v) is 8.88. The number of halogens is 1. The average Bonchev–Trinajstić information content (AvgIpc) is 3.47. The summed E-state index contributed by atoms with van der Waals surface area (Å²) in [6.45, 7) is 5.48. The second-order valence-corrected chi connectivity index (χ2v) is 12.3. The van der Waals surface area contributed by atoms with Crippen molar-refractivity contribution in [3.63, 3.8) is 0 Å². The van der Waals surface area contributed by atoms with Gasteiger partial charge in [0.05, 0.1) is 18.0 Å². The van der Waals surface area contributed by atoms with E-state index in [4.69, 9.17) is 20.8 Å². The molecule has 1 N–H and O–H groups in total. The molecule has 0 saturated carbocycles. The van der Waals surface area contributed by atoms with E-state index in [0.29, 0.717) is 47.7 Å². The van der Waals surface area contributed by atoms with E-state index in [0.717, 1.165) is 44.5 Å². The van der Waals surface area contributed by atoms with E-state index in [2.05, 4.69) is 34.5 Å². The molecule has 0 spiro atoms. The maximum atomic E-state index is 13.5. The zero-order valence-electron chi connectivity index (χ0n) is 26.0. The highest BCUT2D eigenvalue weighted by atomic mass is 35.5. The van der Waals surface area contributed by atoms with Gasteiger partial charge in [-0.25, -0.2) is 0 Å². The summed E-state index contributed by atoms with van der Waals surface area (Å²) in [6.07, 6.45) is 5.95. The molecule has 2 fully saturated rings. The highest BCUT2D eigenvalue weighted by Crippen LogP contribution is 2.29. The summed E-state index contributed by atoms with van der Waals surface area (Å²) in [5.41, 5.74) is 4.65. The Morgan fingerprint density at radius 3 is 2.52 bits per heavy atom. The van der Waals surface area contributed by atoms with E-state index in [-0.39, 0.29) is 23.1 Å². The predicted octanol–water partition coefficient (Wildman–Crippen LogP) is 6.54. The molecule has 4 aromatic rings. The second-order valence-electron chi connectivity index (χ2n) is 11.8. The van der Waals surface area contributed by atoms with Gasteiger partial charge in [0, 0.05) is 49.4 Å². The Hall–Kier alpha value is -4.56.